The van der Waals surface area contributed by atoms with Crippen LogP contribution in [-0.2, 0) is 11.3 Å². The highest BCUT2D eigenvalue weighted by Gasteiger charge is 2.37. The van der Waals surface area contributed by atoms with Crippen molar-refractivity contribution in [3.05, 3.63) is 35.4 Å². The van der Waals surface area contributed by atoms with Crippen molar-refractivity contribution in [1.29, 1.82) is 0 Å². The second-order valence-corrected chi connectivity index (χ2v) is 6.09. The SMILES string of the molecule is CCN(Cc1ccccc1C)C(=O)C1(C)CCCNC1. The van der Waals surface area contributed by atoms with Crippen molar-refractivity contribution >= 4 is 5.91 Å². The number of carbonyl (C=O) groups excluding carboxylic acids is 1. The van der Waals surface area contributed by atoms with Crippen LogP contribution in [0.1, 0.15) is 37.8 Å². The van der Waals surface area contributed by atoms with Crippen LogP contribution in [0.3, 0.4) is 0 Å². The largest absolute Gasteiger partial charge is 0.338 e. The number of hydrogen-bond acceptors (Lipinski definition) is 2. The first kappa shape index (κ1) is 15.0. The fourth-order valence-electron chi connectivity index (χ4n) is 2.94. The van der Waals surface area contributed by atoms with Crippen LogP contribution in [0.4, 0.5) is 0 Å². The van der Waals surface area contributed by atoms with Gasteiger partial charge >= 0.3 is 0 Å². The Balaban J connectivity index is 2.11. The molecule has 1 unspecified atom stereocenters. The van der Waals surface area contributed by atoms with Crippen LogP contribution < -0.4 is 5.32 Å². The smallest absolute Gasteiger partial charge is 0.230 e. The van der Waals surface area contributed by atoms with E-state index in [0.717, 1.165) is 39.0 Å². The number of rotatable bonds is 4. The predicted molar refractivity (Wildman–Crippen MR) is 82.5 cm³/mol. The molecule has 0 aliphatic carbocycles. The maximum Gasteiger partial charge on any atom is 0.230 e. The van der Waals surface area contributed by atoms with E-state index in [1.165, 1.54) is 11.1 Å². The van der Waals surface area contributed by atoms with E-state index in [-0.39, 0.29) is 11.3 Å². The van der Waals surface area contributed by atoms with Gasteiger partial charge in [-0.25, -0.2) is 0 Å². The van der Waals surface area contributed by atoms with Gasteiger partial charge in [0.1, 0.15) is 0 Å². The minimum Gasteiger partial charge on any atom is -0.338 e. The number of hydrogen-bond donors (Lipinski definition) is 1. The second kappa shape index (κ2) is 6.40. The van der Waals surface area contributed by atoms with Crippen molar-refractivity contribution < 1.29 is 4.79 Å². The molecule has 1 aliphatic rings. The summed E-state index contributed by atoms with van der Waals surface area (Å²) >= 11 is 0. The van der Waals surface area contributed by atoms with Gasteiger partial charge in [-0.05, 0) is 51.3 Å². The molecule has 0 bridgehead atoms. The molecular formula is C17H26N2O. The van der Waals surface area contributed by atoms with Crippen molar-refractivity contribution in [2.24, 2.45) is 5.41 Å². The zero-order chi connectivity index (χ0) is 14.6. The number of amides is 1. The summed E-state index contributed by atoms with van der Waals surface area (Å²) in [6.45, 7) is 9.60. The summed E-state index contributed by atoms with van der Waals surface area (Å²) < 4.78 is 0. The third kappa shape index (κ3) is 3.21. The monoisotopic (exact) mass is 274 g/mol. The topological polar surface area (TPSA) is 32.3 Å². The molecule has 1 N–H and O–H groups in total. The number of piperidine rings is 1. The van der Waals surface area contributed by atoms with Gasteiger partial charge in [0.25, 0.3) is 0 Å². The van der Waals surface area contributed by atoms with Gasteiger partial charge in [0.05, 0.1) is 5.41 Å². The molecular weight excluding hydrogens is 248 g/mol. The van der Waals surface area contributed by atoms with Gasteiger partial charge in [0, 0.05) is 19.6 Å². The molecule has 1 aromatic rings. The first-order valence-electron chi connectivity index (χ1n) is 7.61. The quantitative estimate of drug-likeness (QED) is 0.915. The average Bonchev–Trinajstić information content (AvgIpc) is 2.46. The van der Waals surface area contributed by atoms with E-state index in [9.17, 15) is 4.79 Å². The summed E-state index contributed by atoms with van der Waals surface area (Å²) in [7, 11) is 0. The van der Waals surface area contributed by atoms with E-state index in [1.807, 2.05) is 17.0 Å². The molecule has 3 heteroatoms. The van der Waals surface area contributed by atoms with Gasteiger partial charge in [-0.15, -0.1) is 0 Å². The summed E-state index contributed by atoms with van der Waals surface area (Å²) in [5.74, 6) is 0.287. The molecule has 1 aliphatic heterocycles. The van der Waals surface area contributed by atoms with E-state index < -0.39 is 0 Å². The standard InChI is InChI=1S/C17H26N2O/c1-4-19(12-15-9-6-5-8-14(15)2)16(20)17(3)10-7-11-18-13-17/h5-6,8-9,18H,4,7,10-13H2,1-3H3. The lowest BCUT2D eigenvalue weighted by molar-refractivity contribution is -0.142. The molecule has 0 spiro atoms. The van der Waals surface area contributed by atoms with Gasteiger partial charge in [0.15, 0.2) is 0 Å². The Kier molecular flexibility index (Phi) is 4.81. The predicted octanol–water partition coefficient (Wildman–Crippen LogP) is 2.73. The Bertz CT molecular complexity index is 464. The summed E-state index contributed by atoms with van der Waals surface area (Å²) in [5.41, 5.74) is 2.26. The number of nitrogens with zero attached hydrogens (tertiary/aromatic N) is 1. The molecule has 1 aromatic carbocycles. The van der Waals surface area contributed by atoms with Crippen molar-refractivity contribution in [1.82, 2.24) is 10.2 Å². The maximum absolute atomic E-state index is 12.9. The first-order valence-corrected chi connectivity index (χ1v) is 7.61. The number of benzene rings is 1. The first-order chi connectivity index (χ1) is 9.57. The highest BCUT2D eigenvalue weighted by Crippen LogP contribution is 2.28. The zero-order valence-corrected chi connectivity index (χ0v) is 12.9. The Morgan fingerprint density at radius 1 is 1.40 bits per heavy atom. The third-order valence-electron chi connectivity index (χ3n) is 4.40. The molecule has 110 valence electrons. The van der Waals surface area contributed by atoms with Gasteiger partial charge in [0.2, 0.25) is 5.91 Å². The van der Waals surface area contributed by atoms with Crippen LogP contribution in [-0.4, -0.2) is 30.4 Å². The van der Waals surface area contributed by atoms with Crippen molar-refractivity contribution in [2.45, 2.75) is 40.2 Å². The van der Waals surface area contributed by atoms with E-state index >= 15 is 0 Å². The van der Waals surface area contributed by atoms with Gasteiger partial charge < -0.3 is 10.2 Å². The average molecular weight is 274 g/mol. The summed E-state index contributed by atoms with van der Waals surface area (Å²) in [6.07, 6.45) is 2.08. The van der Waals surface area contributed by atoms with Crippen molar-refractivity contribution in [2.75, 3.05) is 19.6 Å². The maximum atomic E-state index is 12.9. The lowest BCUT2D eigenvalue weighted by Crippen LogP contribution is -2.50. The third-order valence-corrected chi connectivity index (χ3v) is 4.40. The van der Waals surface area contributed by atoms with Crippen LogP contribution in [0.5, 0.6) is 0 Å². The van der Waals surface area contributed by atoms with Crippen LogP contribution >= 0.6 is 0 Å². The molecule has 2 rings (SSSR count). The fraction of sp³-hybridized carbons (Fsp3) is 0.588. The fourth-order valence-corrected chi connectivity index (χ4v) is 2.94. The number of nitrogens with one attached hydrogen (secondary N) is 1. The van der Waals surface area contributed by atoms with E-state index in [4.69, 9.17) is 0 Å². The van der Waals surface area contributed by atoms with E-state index in [2.05, 4.69) is 38.2 Å². The highest BCUT2D eigenvalue weighted by molar-refractivity contribution is 5.82. The van der Waals surface area contributed by atoms with Gasteiger partial charge in [-0.2, -0.15) is 0 Å². The summed E-state index contributed by atoms with van der Waals surface area (Å²) in [5, 5.41) is 3.36. The molecule has 1 amide bonds. The second-order valence-electron chi connectivity index (χ2n) is 6.09. The molecule has 1 heterocycles. The van der Waals surface area contributed by atoms with Crippen LogP contribution in [0.2, 0.25) is 0 Å². The lowest BCUT2D eigenvalue weighted by Gasteiger charge is -2.37. The molecule has 1 saturated heterocycles. The van der Waals surface area contributed by atoms with E-state index in [0.29, 0.717) is 0 Å². The Morgan fingerprint density at radius 3 is 2.75 bits per heavy atom. The van der Waals surface area contributed by atoms with Crippen LogP contribution in [0.25, 0.3) is 0 Å². The van der Waals surface area contributed by atoms with Gasteiger partial charge in [-0.1, -0.05) is 24.3 Å². The Morgan fingerprint density at radius 2 is 2.15 bits per heavy atom. The molecule has 1 atom stereocenters. The molecule has 20 heavy (non-hydrogen) atoms. The van der Waals surface area contributed by atoms with Crippen molar-refractivity contribution in [3.8, 4) is 0 Å². The molecule has 1 fully saturated rings. The van der Waals surface area contributed by atoms with Crippen LogP contribution in [0, 0.1) is 12.3 Å². The number of carbonyl (C=O) groups is 1. The van der Waals surface area contributed by atoms with Gasteiger partial charge in [-0.3, -0.25) is 4.79 Å². The molecule has 0 radical (unpaired) electrons. The normalized spacial score (nSPS) is 22.6. The van der Waals surface area contributed by atoms with E-state index in [1.54, 1.807) is 0 Å². The molecule has 3 nitrogen and oxygen atoms in total. The molecule has 0 aromatic heterocycles. The zero-order valence-electron chi connectivity index (χ0n) is 12.9. The minimum absolute atomic E-state index is 0.239. The lowest BCUT2D eigenvalue weighted by atomic mass is 9.81. The highest BCUT2D eigenvalue weighted by atomic mass is 16.2. The summed E-state index contributed by atoms with van der Waals surface area (Å²) in [6, 6.07) is 8.32. The Hall–Kier alpha value is -1.35. The number of aryl methyl sites for hydroxylation is 1. The van der Waals surface area contributed by atoms with Crippen LogP contribution in [0.15, 0.2) is 24.3 Å². The minimum atomic E-state index is -0.239. The Labute approximate surface area is 122 Å². The summed E-state index contributed by atoms with van der Waals surface area (Å²) in [4.78, 5) is 14.8. The molecule has 0 saturated carbocycles. The van der Waals surface area contributed by atoms with Crippen molar-refractivity contribution in [3.63, 3.8) is 0 Å².